The highest BCUT2D eigenvalue weighted by Gasteiger charge is 2.26. The molecule has 86 valence electrons. The van der Waals surface area contributed by atoms with E-state index >= 15 is 0 Å². The summed E-state index contributed by atoms with van der Waals surface area (Å²) in [6, 6.07) is 9.78. The van der Waals surface area contributed by atoms with Crippen LogP contribution in [0.2, 0.25) is 0 Å². The Morgan fingerprint density at radius 2 is 2.18 bits per heavy atom. The molecule has 1 unspecified atom stereocenters. The van der Waals surface area contributed by atoms with Gasteiger partial charge >= 0.3 is 0 Å². The normalized spacial score (nSPS) is 19.6. The number of carbonyl (C=O) groups excluding carboxylic acids is 1. The van der Waals surface area contributed by atoms with Crippen LogP contribution in [0.4, 0.5) is 0 Å². The van der Waals surface area contributed by atoms with Crippen LogP contribution in [0.25, 0.3) is 10.8 Å². The molecule has 2 heterocycles. The number of hydrogen-bond donors (Lipinski definition) is 0. The first-order valence-electron chi connectivity index (χ1n) is 5.82. The van der Waals surface area contributed by atoms with Gasteiger partial charge in [0.2, 0.25) is 0 Å². The third-order valence-electron chi connectivity index (χ3n) is 3.21. The molecule has 3 rings (SSSR count). The summed E-state index contributed by atoms with van der Waals surface area (Å²) in [5.41, 5.74) is 0.582. The smallest absolute Gasteiger partial charge is 0.187 e. The topological polar surface area (TPSA) is 39.2 Å². The molecule has 1 saturated heterocycles. The Bertz CT molecular complexity index is 554. The summed E-state index contributed by atoms with van der Waals surface area (Å²) in [4.78, 5) is 16.6. The number of hydrogen-bond acceptors (Lipinski definition) is 3. The molecule has 17 heavy (non-hydrogen) atoms. The standard InChI is InChI=1S/C14H13NO2/c16-14(11-6-8-17-9-11)13-12-4-2-1-3-10(12)5-7-15-13/h1-5,7,11H,6,8-9H2. The lowest BCUT2D eigenvalue weighted by Gasteiger charge is -2.08. The van der Waals surface area contributed by atoms with Gasteiger partial charge in [-0.2, -0.15) is 0 Å². The third-order valence-corrected chi connectivity index (χ3v) is 3.21. The molecule has 0 amide bonds. The van der Waals surface area contributed by atoms with Gasteiger partial charge in [-0.15, -0.1) is 0 Å². The molecule has 1 aliphatic rings. The van der Waals surface area contributed by atoms with Crippen LogP contribution in [0.1, 0.15) is 16.9 Å². The van der Waals surface area contributed by atoms with Crippen molar-refractivity contribution in [2.24, 2.45) is 5.92 Å². The number of ether oxygens (including phenoxy) is 1. The molecule has 1 fully saturated rings. The van der Waals surface area contributed by atoms with Gasteiger partial charge < -0.3 is 4.74 Å². The van der Waals surface area contributed by atoms with Gasteiger partial charge in [0.1, 0.15) is 5.69 Å². The van der Waals surface area contributed by atoms with Crippen LogP contribution in [0.3, 0.4) is 0 Å². The van der Waals surface area contributed by atoms with Crippen LogP contribution in [-0.2, 0) is 4.74 Å². The minimum atomic E-state index is -0.0201. The summed E-state index contributed by atoms with van der Waals surface area (Å²) >= 11 is 0. The fourth-order valence-corrected chi connectivity index (χ4v) is 2.25. The van der Waals surface area contributed by atoms with Gasteiger partial charge in [0.05, 0.1) is 6.61 Å². The van der Waals surface area contributed by atoms with Crippen molar-refractivity contribution in [2.75, 3.05) is 13.2 Å². The molecule has 3 heteroatoms. The molecule has 0 radical (unpaired) electrons. The lowest BCUT2D eigenvalue weighted by Crippen LogP contribution is -2.16. The van der Waals surface area contributed by atoms with E-state index in [0.29, 0.717) is 18.9 Å². The predicted octanol–water partition coefficient (Wildman–Crippen LogP) is 2.45. The summed E-state index contributed by atoms with van der Waals surface area (Å²) in [5.74, 6) is 0.0904. The zero-order valence-electron chi connectivity index (χ0n) is 9.43. The maximum absolute atomic E-state index is 12.3. The molecule has 1 aromatic carbocycles. The second kappa shape index (κ2) is 4.26. The Hall–Kier alpha value is -1.74. The van der Waals surface area contributed by atoms with Crippen LogP contribution in [-0.4, -0.2) is 24.0 Å². The van der Waals surface area contributed by atoms with Crippen LogP contribution >= 0.6 is 0 Å². The summed E-state index contributed by atoms with van der Waals surface area (Å²) < 4.78 is 5.26. The van der Waals surface area contributed by atoms with Gasteiger partial charge in [-0.05, 0) is 17.9 Å². The minimum absolute atomic E-state index is 0.0201. The Balaban J connectivity index is 2.07. The van der Waals surface area contributed by atoms with Crippen LogP contribution in [0, 0.1) is 5.92 Å². The van der Waals surface area contributed by atoms with Crippen molar-refractivity contribution in [2.45, 2.75) is 6.42 Å². The molecule has 0 spiro atoms. The maximum Gasteiger partial charge on any atom is 0.187 e. The number of aromatic nitrogens is 1. The largest absolute Gasteiger partial charge is 0.381 e. The highest BCUT2D eigenvalue weighted by atomic mass is 16.5. The van der Waals surface area contributed by atoms with Crippen molar-refractivity contribution < 1.29 is 9.53 Å². The van der Waals surface area contributed by atoms with Crippen molar-refractivity contribution in [1.82, 2.24) is 4.98 Å². The van der Waals surface area contributed by atoms with E-state index in [1.54, 1.807) is 6.20 Å². The second-order valence-corrected chi connectivity index (χ2v) is 4.31. The SMILES string of the molecule is O=C(c1nccc2ccccc12)C1CCOC1. The molecule has 0 saturated carbocycles. The van der Waals surface area contributed by atoms with Crippen molar-refractivity contribution >= 4 is 16.6 Å². The van der Waals surface area contributed by atoms with Crippen molar-refractivity contribution in [3.8, 4) is 0 Å². The Labute approximate surface area is 99.4 Å². The van der Waals surface area contributed by atoms with Gasteiger partial charge in [-0.25, -0.2) is 0 Å². The van der Waals surface area contributed by atoms with E-state index in [1.165, 1.54) is 0 Å². The van der Waals surface area contributed by atoms with Gasteiger partial charge in [-0.3, -0.25) is 9.78 Å². The van der Waals surface area contributed by atoms with Crippen LogP contribution in [0.5, 0.6) is 0 Å². The van der Waals surface area contributed by atoms with E-state index in [2.05, 4.69) is 4.98 Å². The predicted molar refractivity (Wildman–Crippen MR) is 65.0 cm³/mol. The first kappa shape index (κ1) is 10.4. The molecule has 2 aromatic rings. The third kappa shape index (κ3) is 1.83. The maximum atomic E-state index is 12.3. The Kier molecular flexibility index (Phi) is 2.61. The number of carbonyl (C=O) groups is 1. The quantitative estimate of drug-likeness (QED) is 0.740. The van der Waals surface area contributed by atoms with E-state index in [0.717, 1.165) is 17.2 Å². The summed E-state index contributed by atoms with van der Waals surface area (Å²) in [6.07, 6.45) is 2.51. The van der Waals surface area contributed by atoms with E-state index in [1.807, 2.05) is 30.3 Å². The molecule has 1 aromatic heterocycles. The second-order valence-electron chi connectivity index (χ2n) is 4.31. The molecular weight excluding hydrogens is 214 g/mol. The van der Waals surface area contributed by atoms with E-state index in [-0.39, 0.29) is 11.7 Å². The fourth-order valence-electron chi connectivity index (χ4n) is 2.25. The molecule has 0 N–H and O–H groups in total. The highest BCUT2D eigenvalue weighted by Crippen LogP contribution is 2.22. The number of Topliss-reactive ketones (excluding diaryl/α,β-unsaturated/α-hetero) is 1. The van der Waals surface area contributed by atoms with E-state index < -0.39 is 0 Å². The molecule has 1 aliphatic heterocycles. The zero-order valence-corrected chi connectivity index (χ0v) is 9.43. The van der Waals surface area contributed by atoms with Gasteiger partial charge in [0.15, 0.2) is 5.78 Å². The average molecular weight is 227 g/mol. The number of benzene rings is 1. The fraction of sp³-hybridized carbons (Fsp3) is 0.286. The zero-order chi connectivity index (χ0) is 11.7. The molecule has 3 nitrogen and oxygen atoms in total. The number of pyridine rings is 1. The summed E-state index contributed by atoms with van der Waals surface area (Å²) in [5, 5.41) is 2.00. The van der Waals surface area contributed by atoms with E-state index in [4.69, 9.17) is 4.74 Å². The Morgan fingerprint density at radius 3 is 3.00 bits per heavy atom. The molecular formula is C14H13NO2. The lowest BCUT2D eigenvalue weighted by molar-refractivity contribution is 0.0897. The van der Waals surface area contributed by atoms with Crippen molar-refractivity contribution in [3.63, 3.8) is 0 Å². The minimum Gasteiger partial charge on any atom is -0.381 e. The monoisotopic (exact) mass is 227 g/mol. The number of ketones is 1. The summed E-state index contributed by atoms with van der Waals surface area (Å²) in [7, 11) is 0. The number of nitrogens with zero attached hydrogens (tertiary/aromatic N) is 1. The summed E-state index contributed by atoms with van der Waals surface area (Å²) in [6.45, 7) is 1.21. The Morgan fingerprint density at radius 1 is 1.29 bits per heavy atom. The van der Waals surface area contributed by atoms with Gasteiger partial charge in [-0.1, -0.05) is 24.3 Å². The van der Waals surface area contributed by atoms with Crippen molar-refractivity contribution in [1.29, 1.82) is 0 Å². The first-order chi connectivity index (χ1) is 8.36. The van der Waals surface area contributed by atoms with Crippen LogP contribution in [0.15, 0.2) is 36.5 Å². The molecule has 0 aliphatic carbocycles. The van der Waals surface area contributed by atoms with Crippen LogP contribution < -0.4 is 0 Å². The number of rotatable bonds is 2. The molecule has 1 atom stereocenters. The highest BCUT2D eigenvalue weighted by molar-refractivity contribution is 6.07. The molecule has 0 bridgehead atoms. The van der Waals surface area contributed by atoms with Crippen molar-refractivity contribution in [3.05, 3.63) is 42.2 Å². The van der Waals surface area contributed by atoms with Gasteiger partial charge in [0.25, 0.3) is 0 Å². The lowest BCUT2D eigenvalue weighted by atomic mass is 9.97. The van der Waals surface area contributed by atoms with Gasteiger partial charge in [0, 0.05) is 24.1 Å². The van der Waals surface area contributed by atoms with E-state index in [9.17, 15) is 4.79 Å². The first-order valence-corrected chi connectivity index (χ1v) is 5.82. The number of fused-ring (bicyclic) bond motifs is 1. The average Bonchev–Trinajstić information content (AvgIpc) is 2.91.